The normalized spacial score (nSPS) is 11.7. The number of H-pyrrole nitrogens is 1. The zero-order valence-electron chi connectivity index (χ0n) is 9.62. The molecule has 1 heterocycles. The first kappa shape index (κ1) is 9.46. The van der Waals surface area contributed by atoms with Crippen molar-refractivity contribution in [1.29, 1.82) is 0 Å². The summed E-state index contributed by atoms with van der Waals surface area (Å²) in [5.41, 5.74) is 3.85. The smallest absolute Gasteiger partial charge is 0.0465 e. The van der Waals surface area contributed by atoms with Gasteiger partial charge in [-0.15, -0.1) is 0 Å². The summed E-state index contributed by atoms with van der Waals surface area (Å²) in [6.07, 6.45) is 0. The predicted octanol–water partition coefficient (Wildman–Crippen LogP) is 4.69. The van der Waals surface area contributed by atoms with Crippen molar-refractivity contribution in [2.45, 2.75) is 19.8 Å². The van der Waals surface area contributed by atoms with E-state index in [2.05, 4.69) is 61.3 Å². The van der Waals surface area contributed by atoms with Gasteiger partial charge in [-0.25, -0.2) is 0 Å². The summed E-state index contributed by atoms with van der Waals surface area (Å²) in [6.45, 7) is 4.46. The quantitative estimate of drug-likeness (QED) is 0.601. The van der Waals surface area contributed by atoms with Crippen molar-refractivity contribution < 1.29 is 1.43 Å². The van der Waals surface area contributed by atoms with Crippen LogP contribution in [0.1, 0.15) is 26.8 Å². The highest BCUT2D eigenvalue weighted by Gasteiger charge is 2.05. The molecule has 2 aromatic carbocycles. The Morgan fingerprint density at radius 2 is 1.69 bits per heavy atom. The van der Waals surface area contributed by atoms with Gasteiger partial charge in [-0.05, 0) is 29.7 Å². The fraction of sp³-hybridized carbons (Fsp3) is 0.200. The summed E-state index contributed by atoms with van der Waals surface area (Å²) in [6, 6.07) is 15.2. The monoisotopic (exact) mass is 211 g/mol. The minimum absolute atomic E-state index is 0. The second-order valence-corrected chi connectivity index (χ2v) is 4.63. The van der Waals surface area contributed by atoms with Gasteiger partial charge in [0.2, 0.25) is 0 Å². The molecule has 0 fully saturated rings. The molecule has 3 rings (SSSR count). The third kappa shape index (κ3) is 1.32. The second kappa shape index (κ2) is 3.38. The Bertz CT molecular complexity index is 652. The molecule has 0 aliphatic carbocycles. The first-order valence-electron chi connectivity index (χ1n) is 5.76. The lowest BCUT2D eigenvalue weighted by Gasteiger charge is -2.04. The van der Waals surface area contributed by atoms with Gasteiger partial charge in [-0.2, -0.15) is 0 Å². The van der Waals surface area contributed by atoms with Crippen molar-refractivity contribution in [3.63, 3.8) is 0 Å². The van der Waals surface area contributed by atoms with E-state index in [1.54, 1.807) is 0 Å². The highest BCUT2D eigenvalue weighted by atomic mass is 14.7. The van der Waals surface area contributed by atoms with E-state index < -0.39 is 0 Å². The molecule has 0 saturated carbocycles. The molecule has 0 saturated heterocycles. The average Bonchev–Trinajstić information content (AvgIpc) is 2.66. The largest absolute Gasteiger partial charge is 0.355 e. The minimum Gasteiger partial charge on any atom is -0.355 e. The Hall–Kier alpha value is -1.76. The van der Waals surface area contributed by atoms with Gasteiger partial charge in [0.25, 0.3) is 0 Å². The molecular formula is C15H17N. The molecular weight excluding hydrogens is 194 g/mol. The number of rotatable bonds is 1. The van der Waals surface area contributed by atoms with E-state index in [1.165, 1.54) is 27.4 Å². The fourth-order valence-electron chi connectivity index (χ4n) is 2.22. The SMILES string of the molecule is CC(C)c1ccc2[nH]c3ccccc3c2c1.[HH]. The topological polar surface area (TPSA) is 15.8 Å². The molecule has 16 heavy (non-hydrogen) atoms. The van der Waals surface area contributed by atoms with Crippen LogP contribution in [0, 0.1) is 0 Å². The van der Waals surface area contributed by atoms with Crippen LogP contribution >= 0.6 is 0 Å². The lowest BCUT2D eigenvalue weighted by Crippen LogP contribution is -1.85. The Balaban J connectivity index is 0.00000108. The summed E-state index contributed by atoms with van der Waals surface area (Å²) in [5, 5.41) is 2.65. The van der Waals surface area contributed by atoms with Crippen molar-refractivity contribution in [1.82, 2.24) is 4.98 Å². The molecule has 0 spiro atoms. The number of para-hydroxylation sites is 1. The summed E-state index contributed by atoms with van der Waals surface area (Å²) in [7, 11) is 0. The summed E-state index contributed by atoms with van der Waals surface area (Å²) >= 11 is 0. The number of nitrogens with one attached hydrogen (secondary N) is 1. The Labute approximate surface area is 96.6 Å². The van der Waals surface area contributed by atoms with Crippen molar-refractivity contribution in [3.8, 4) is 0 Å². The van der Waals surface area contributed by atoms with E-state index in [4.69, 9.17) is 0 Å². The molecule has 0 amide bonds. The van der Waals surface area contributed by atoms with E-state index in [9.17, 15) is 0 Å². The summed E-state index contributed by atoms with van der Waals surface area (Å²) < 4.78 is 0. The molecule has 0 radical (unpaired) electrons. The van der Waals surface area contributed by atoms with Crippen LogP contribution in [0.4, 0.5) is 0 Å². The van der Waals surface area contributed by atoms with Crippen LogP contribution in [0.5, 0.6) is 0 Å². The Kier molecular flexibility index (Phi) is 2.00. The third-order valence-corrected chi connectivity index (χ3v) is 3.20. The van der Waals surface area contributed by atoms with Gasteiger partial charge in [0.05, 0.1) is 0 Å². The van der Waals surface area contributed by atoms with E-state index in [0.717, 1.165) is 0 Å². The number of fused-ring (bicyclic) bond motifs is 3. The maximum atomic E-state index is 3.44. The standard InChI is InChI=1S/C15H15N.H2/c1-10(2)11-7-8-15-13(9-11)12-5-3-4-6-14(12)16-15;/h3-10,16H,1-2H3;1H. The molecule has 0 bridgehead atoms. The lowest BCUT2D eigenvalue weighted by molar-refractivity contribution is 0.869. The van der Waals surface area contributed by atoms with Gasteiger partial charge < -0.3 is 4.98 Å². The summed E-state index contributed by atoms with van der Waals surface area (Å²) in [5.74, 6) is 0.582. The summed E-state index contributed by atoms with van der Waals surface area (Å²) in [4.78, 5) is 3.44. The molecule has 82 valence electrons. The van der Waals surface area contributed by atoms with Crippen LogP contribution in [0.3, 0.4) is 0 Å². The van der Waals surface area contributed by atoms with Crippen molar-refractivity contribution in [3.05, 3.63) is 48.0 Å². The maximum Gasteiger partial charge on any atom is 0.0465 e. The number of hydrogen-bond donors (Lipinski definition) is 1. The van der Waals surface area contributed by atoms with Gasteiger partial charge >= 0.3 is 0 Å². The van der Waals surface area contributed by atoms with Gasteiger partial charge in [0.15, 0.2) is 0 Å². The van der Waals surface area contributed by atoms with Gasteiger partial charge in [-0.1, -0.05) is 38.1 Å². The molecule has 0 aliphatic heterocycles. The minimum atomic E-state index is 0. The first-order valence-corrected chi connectivity index (χ1v) is 5.76. The fourth-order valence-corrected chi connectivity index (χ4v) is 2.22. The van der Waals surface area contributed by atoms with Gasteiger partial charge in [0.1, 0.15) is 0 Å². The Morgan fingerprint density at radius 1 is 0.938 bits per heavy atom. The molecule has 1 nitrogen and oxygen atoms in total. The van der Waals surface area contributed by atoms with E-state index in [1.807, 2.05) is 0 Å². The predicted molar refractivity (Wildman–Crippen MR) is 72.0 cm³/mol. The average molecular weight is 211 g/mol. The third-order valence-electron chi connectivity index (χ3n) is 3.20. The molecule has 3 aromatic rings. The molecule has 0 unspecified atom stereocenters. The Morgan fingerprint density at radius 3 is 2.50 bits per heavy atom. The van der Waals surface area contributed by atoms with E-state index in [0.29, 0.717) is 5.92 Å². The van der Waals surface area contributed by atoms with Crippen LogP contribution in [0.25, 0.3) is 21.8 Å². The zero-order chi connectivity index (χ0) is 11.1. The zero-order valence-corrected chi connectivity index (χ0v) is 9.62. The molecule has 1 heteroatoms. The molecule has 1 aromatic heterocycles. The first-order chi connectivity index (χ1) is 7.75. The maximum absolute atomic E-state index is 3.44. The highest BCUT2D eigenvalue weighted by Crippen LogP contribution is 2.28. The molecule has 0 aliphatic rings. The molecule has 0 atom stereocenters. The van der Waals surface area contributed by atoms with Gasteiger partial charge in [-0.3, -0.25) is 0 Å². The molecule has 1 N–H and O–H groups in total. The van der Waals surface area contributed by atoms with Crippen LogP contribution in [-0.4, -0.2) is 4.98 Å². The van der Waals surface area contributed by atoms with Crippen molar-refractivity contribution in [2.24, 2.45) is 0 Å². The van der Waals surface area contributed by atoms with Crippen LogP contribution in [0.15, 0.2) is 42.5 Å². The lowest BCUT2D eigenvalue weighted by atomic mass is 10.0. The second-order valence-electron chi connectivity index (χ2n) is 4.63. The highest BCUT2D eigenvalue weighted by molar-refractivity contribution is 6.07. The number of hydrogen-bond acceptors (Lipinski definition) is 0. The van der Waals surface area contributed by atoms with Crippen molar-refractivity contribution in [2.75, 3.05) is 0 Å². The number of aromatic nitrogens is 1. The number of benzene rings is 2. The van der Waals surface area contributed by atoms with Crippen LogP contribution in [-0.2, 0) is 0 Å². The van der Waals surface area contributed by atoms with Gasteiger partial charge in [0, 0.05) is 23.2 Å². The number of aromatic amines is 1. The van der Waals surface area contributed by atoms with E-state index >= 15 is 0 Å². The van der Waals surface area contributed by atoms with E-state index in [-0.39, 0.29) is 1.43 Å². The van der Waals surface area contributed by atoms with Crippen molar-refractivity contribution >= 4 is 21.8 Å². The van der Waals surface area contributed by atoms with Crippen LogP contribution < -0.4 is 0 Å². The van der Waals surface area contributed by atoms with Crippen LogP contribution in [0.2, 0.25) is 0 Å².